The lowest BCUT2D eigenvalue weighted by molar-refractivity contribution is 0.0158. The monoisotopic (exact) mass is 216 g/mol. The fourth-order valence-electron chi connectivity index (χ4n) is 2.29. The smallest absolute Gasteiger partial charge is 0.109 e. The van der Waals surface area contributed by atoms with Crippen LogP contribution in [0.5, 0.6) is 0 Å². The standard InChI is InChI=1S/C13H16N2O/c1-2-7-12-11(6-1)14-13(15-12)9-10-5-3-4-8-16-10/h1-2,6-7,10H,3-5,8-9H2,(H,14,15). The Morgan fingerprint density at radius 2 is 2.25 bits per heavy atom. The van der Waals surface area contributed by atoms with E-state index in [0.29, 0.717) is 6.10 Å². The van der Waals surface area contributed by atoms with Crippen molar-refractivity contribution < 1.29 is 4.74 Å². The number of ether oxygens (including phenoxy) is 1. The molecule has 0 spiro atoms. The quantitative estimate of drug-likeness (QED) is 0.838. The molecule has 3 rings (SSSR count). The number of hydrogen-bond acceptors (Lipinski definition) is 2. The summed E-state index contributed by atoms with van der Waals surface area (Å²) in [7, 11) is 0. The molecule has 0 bridgehead atoms. The van der Waals surface area contributed by atoms with Crippen LogP contribution in [-0.4, -0.2) is 22.7 Å². The Kier molecular flexibility index (Phi) is 2.62. The molecule has 0 amide bonds. The summed E-state index contributed by atoms with van der Waals surface area (Å²) >= 11 is 0. The summed E-state index contributed by atoms with van der Waals surface area (Å²) < 4.78 is 5.72. The number of benzene rings is 1. The minimum absolute atomic E-state index is 0.356. The van der Waals surface area contributed by atoms with Gasteiger partial charge in [-0.3, -0.25) is 0 Å². The van der Waals surface area contributed by atoms with Gasteiger partial charge in [-0.15, -0.1) is 0 Å². The van der Waals surface area contributed by atoms with Gasteiger partial charge >= 0.3 is 0 Å². The van der Waals surface area contributed by atoms with Crippen LogP contribution >= 0.6 is 0 Å². The average Bonchev–Trinajstić information content (AvgIpc) is 2.72. The van der Waals surface area contributed by atoms with Gasteiger partial charge in [0.05, 0.1) is 17.1 Å². The van der Waals surface area contributed by atoms with Gasteiger partial charge in [-0.05, 0) is 31.4 Å². The van der Waals surface area contributed by atoms with Crippen molar-refractivity contribution in [2.75, 3.05) is 6.61 Å². The van der Waals surface area contributed by atoms with Crippen LogP contribution in [0.15, 0.2) is 24.3 Å². The van der Waals surface area contributed by atoms with E-state index in [4.69, 9.17) is 4.74 Å². The molecule has 3 nitrogen and oxygen atoms in total. The normalized spacial score (nSPS) is 21.4. The highest BCUT2D eigenvalue weighted by atomic mass is 16.5. The zero-order valence-electron chi connectivity index (χ0n) is 9.28. The fraction of sp³-hybridized carbons (Fsp3) is 0.462. The summed E-state index contributed by atoms with van der Waals surface area (Å²) in [6.07, 6.45) is 4.92. The SMILES string of the molecule is c1ccc2[nH]c(CC3CCCCO3)nc2c1. The molecule has 1 fully saturated rings. The van der Waals surface area contributed by atoms with Crippen LogP contribution in [-0.2, 0) is 11.2 Å². The number of rotatable bonds is 2. The lowest BCUT2D eigenvalue weighted by Crippen LogP contribution is -2.21. The summed E-state index contributed by atoms with van der Waals surface area (Å²) in [6.45, 7) is 0.908. The molecule has 1 unspecified atom stereocenters. The van der Waals surface area contributed by atoms with E-state index in [1.807, 2.05) is 18.2 Å². The van der Waals surface area contributed by atoms with E-state index in [1.165, 1.54) is 12.8 Å². The maximum Gasteiger partial charge on any atom is 0.109 e. The number of aromatic nitrogens is 2. The lowest BCUT2D eigenvalue weighted by atomic mass is 10.1. The predicted molar refractivity (Wildman–Crippen MR) is 63.4 cm³/mol. The third-order valence-corrected chi connectivity index (χ3v) is 3.13. The molecular formula is C13H16N2O. The summed E-state index contributed by atoms with van der Waals surface area (Å²) in [5.74, 6) is 1.05. The summed E-state index contributed by atoms with van der Waals surface area (Å²) in [4.78, 5) is 7.92. The maximum absolute atomic E-state index is 5.72. The van der Waals surface area contributed by atoms with Crippen molar-refractivity contribution in [2.24, 2.45) is 0 Å². The molecule has 1 aliphatic heterocycles. The van der Waals surface area contributed by atoms with Gasteiger partial charge in [0, 0.05) is 13.0 Å². The predicted octanol–water partition coefficient (Wildman–Crippen LogP) is 2.67. The molecule has 1 aliphatic rings. The minimum Gasteiger partial charge on any atom is -0.378 e. The third-order valence-electron chi connectivity index (χ3n) is 3.13. The number of nitrogens with one attached hydrogen (secondary N) is 1. The maximum atomic E-state index is 5.72. The first kappa shape index (κ1) is 9.85. The van der Waals surface area contributed by atoms with E-state index >= 15 is 0 Å². The van der Waals surface area contributed by atoms with E-state index in [-0.39, 0.29) is 0 Å². The fourth-order valence-corrected chi connectivity index (χ4v) is 2.29. The second kappa shape index (κ2) is 4.26. The molecule has 1 atom stereocenters. The molecule has 0 saturated carbocycles. The largest absolute Gasteiger partial charge is 0.378 e. The van der Waals surface area contributed by atoms with Crippen molar-refractivity contribution in [3.63, 3.8) is 0 Å². The first-order valence-electron chi connectivity index (χ1n) is 5.97. The molecule has 1 aromatic heterocycles. The van der Waals surface area contributed by atoms with E-state index in [0.717, 1.165) is 36.3 Å². The van der Waals surface area contributed by atoms with Gasteiger partial charge in [-0.25, -0.2) is 4.98 Å². The summed E-state index contributed by atoms with van der Waals surface area (Å²) in [5, 5.41) is 0. The van der Waals surface area contributed by atoms with E-state index in [9.17, 15) is 0 Å². The average molecular weight is 216 g/mol. The van der Waals surface area contributed by atoms with Crippen molar-refractivity contribution in [1.29, 1.82) is 0 Å². The first-order chi connectivity index (χ1) is 7.92. The van der Waals surface area contributed by atoms with E-state index < -0.39 is 0 Å². The van der Waals surface area contributed by atoms with Crippen LogP contribution in [0.25, 0.3) is 11.0 Å². The molecular weight excluding hydrogens is 200 g/mol. The Bertz CT molecular complexity index is 438. The Balaban J connectivity index is 1.78. The molecule has 1 saturated heterocycles. The molecule has 16 heavy (non-hydrogen) atoms. The molecule has 3 heteroatoms. The van der Waals surface area contributed by atoms with Crippen molar-refractivity contribution in [3.05, 3.63) is 30.1 Å². The second-order valence-corrected chi connectivity index (χ2v) is 4.39. The van der Waals surface area contributed by atoms with Crippen LogP contribution in [0.4, 0.5) is 0 Å². The van der Waals surface area contributed by atoms with Crippen LogP contribution in [0, 0.1) is 0 Å². The van der Waals surface area contributed by atoms with Crippen molar-refractivity contribution >= 4 is 11.0 Å². The van der Waals surface area contributed by atoms with Crippen molar-refractivity contribution in [1.82, 2.24) is 9.97 Å². The van der Waals surface area contributed by atoms with Gasteiger partial charge in [-0.2, -0.15) is 0 Å². The van der Waals surface area contributed by atoms with Gasteiger partial charge in [-0.1, -0.05) is 12.1 Å². The highest BCUT2D eigenvalue weighted by molar-refractivity contribution is 5.74. The number of imidazole rings is 1. The van der Waals surface area contributed by atoms with Gasteiger partial charge in [0.15, 0.2) is 0 Å². The van der Waals surface area contributed by atoms with Gasteiger partial charge in [0.2, 0.25) is 0 Å². The van der Waals surface area contributed by atoms with Gasteiger partial charge in [0.25, 0.3) is 0 Å². The zero-order chi connectivity index (χ0) is 10.8. The molecule has 0 aliphatic carbocycles. The number of nitrogens with zero attached hydrogens (tertiary/aromatic N) is 1. The van der Waals surface area contributed by atoms with Gasteiger partial charge in [0.1, 0.15) is 5.82 Å². The van der Waals surface area contributed by atoms with Crippen LogP contribution < -0.4 is 0 Å². The van der Waals surface area contributed by atoms with E-state index in [2.05, 4.69) is 16.0 Å². The number of para-hydroxylation sites is 2. The highest BCUT2D eigenvalue weighted by Crippen LogP contribution is 2.18. The van der Waals surface area contributed by atoms with Crippen LogP contribution in [0.3, 0.4) is 0 Å². The number of H-pyrrole nitrogens is 1. The number of aromatic amines is 1. The van der Waals surface area contributed by atoms with E-state index in [1.54, 1.807) is 0 Å². The lowest BCUT2D eigenvalue weighted by Gasteiger charge is -2.21. The Morgan fingerprint density at radius 1 is 1.31 bits per heavy atom. The number of fused-ring (bicyclic) bond motifs is 1. The number of hydrogen-bond donors (Lipinski definition) is 1. The Labute approximate surface area is 94.8 Å². The molecule has 1 aromatic carbocycles. The molecule has 1 N–H and O–H groups in total. The minimum atomic E-state index is 0.356. The summed E-state index contributed by atoms with van der Waals surface area (Å²) in [5.41, 5.74) is 2.17. The van der Waals surface area contributed by atoms with Crippen LogP contribution in [0.1, 0.15) is 25.1 Å². The molecule has 2 aromatic rings. The van der Waals surface area contributed by atoms with Crippen molar-refractivity contribution in [2.45, 2.75) is 31.8 Å². The zero-order valence-corrected chi connectivity index (χ0v) is 9.28. The summed E-state index contributed by atoms with van der Waals surface area (Å²) in [6, 6.07) is 8.15. The molecule has 2 heterocycles. The van der Waals surface area contributed by atoms with Crippen LogP contribution in [0.2, 0.25) is 0 Å². The highest BCUT2D eigenvalue weighted by Gasteiger charge is 2.16. The first-order valence-corrected chi connectivity index (χ1v) is 5.97. The van der Waals surface area contributed by atoms with Gasteiger partial charge < -0.3 is 9.72 Å². The second-order valence-electron chi connectivity index (χ2n) is 4.39. The topological polar surface area (TPSA) is 37.9 Å². The molecule has 84 valence electrons. The Hall–Kier alpha value is -1.35. The third kappa shape index (κ3) is 1.95. The van der Waals surface area contributed by atoms with Crippen molar-refractivity contribution in [3.8, 4) is 0 Å². The Morgan fingerprint density at radius 3 is 3.06 bits per heavy atom. The molecule has 0 radical (unpaired) electrons.